The van der Waals surface area contributed by atoms with Gasteiger partial charge in [-0.05, 0) is 49.1 Å². The van der Waals surface area contributed by atoms with E-state index in [-0.39, 0.29) is 6.54 Å². The number of nitrogens with two attached hydrogens (primary N) is 1. The first-order chi connectivity index (χ1) is 13.6. The zero-order chi connectivity index (χ0) is 19.9. The molecule has 2 aromatic rings. The van der Waals surface area contributed by atoms with Crippen LogP contribution in [0, 0.1) is 0 Å². The van der Waals surface area contributed by atoms with E-state index in [4.69, 9.17) is 10.9 Å². The minimum absolute atomic E-state index is 0.120. The zero-order valence-corrected chi connectivity index (χ0v) is 15.6. The Hall–Kier alpha value is -2.97. The molecular formula is C20H25N5O3. The Balaban J connectivity index is 1.66. The number of piperidine rings is 1. The van der Waals surface area contributed by atoms with Crippen LogP contribution in [0.4, 0.5) is 5.82 Å². The van der Waals surface area contributed by atoms with Crippen LogP contribution < -0.4 is 21.4 Å². The van der Waals surface area contributed by atoms with E-state index < -0.39 is 17.9 Å². The Bertz CT molecular complexity index is 802. The van der Waals surface area contributed by atoms with Crippen molar-refractivity contribution >= 4 is 17.6 Å². The van der Waals surface area contributed by atoms with Crippen LogP contribution >= 0.6 is 0 Å². The molecular weight excluding hydrogens is 358 g/mol. The first-order valence-corrected chi connectivity index (χ1v) is 9.38. The fourth-order valence-corrected chi connectivity index (χ4v) is 3.23. The normalized spacial score (nSPS) is 15.0. The number of nitrogens with one attached hydrogen (secondary N) is 2. The molecule has 1 saturated heterocycles. The van der Waals surface area contributed by atoms with Gasteiger partial charge in [-0.1, -0.05) is 12.1 Å². The molecule has 148 valence electrons. The van der Waals surface area contributed by atoms with Crippen molar-refractivity contribution in [2.24, 2.45) is 5.73 Å². The van der Waals surface area contributed by atoms with Crippen LogP contribution in [-0.4, -0.2) is 47.7 Å². The van der Waals surface area contributed by atoms with Gasteiger partial charge < -0.3 is 16.0 Å². The lowest BCUT2D eigenvalue weighted by Crippen LogP contribution is -2.50. The quantitative estimate of drug-likeness (QED) is 0.441. The summed E-state index contributed by atoms with van der Waals surface area (Å²) >= 11 is 0. The highest BCUT2D eigenvalue weighted by atomic mass is 16.5. The third-order valence-electron chi connectivity index (χ3n) is 4.88. The second-order valence-electron chi connectivity index (χ2n) is 6.77. The van der Waals surface area contributed by atoms with Crippen LogP contribution in [0.15, 0.2) is 42.6 Å². The van der Waals surface area contributed by atoms with Gasteiger partial charge in [0, 0.05) is 37.0 Å². The van der Waals surface area contributed by atoms with Gasteiger partial charge >= 0.3 is 0 Å². The summed E-state index contributed by atoms with van der Waals surface area (Å²) in [5.74, 6) is -0.203. The monoisotopic (exact) mass is 383 g/mol. The summed E-state index contributed by atoms with van der Waals surface area (Å²) in [7, 11) is 0. The highest BCUT2D eigenvalue weighted by Gasteiger charge is 2.19. The molecule has 1 fully saturated rings. The molecule has 1 aliphatic rings. The number of hydrogen-bond donors (Lipinski definition) is 4. The van der Waals surface area contributed by atoms with E-state index in [0.29, 0.717) is 5.56 Å². The standard InChI is InChI=1S/C20H25N5O3/c21-12-17(20(27)24-28)23-19(26)15-6-4-14(5-7-15)16-8-9-18(22-13-16)25-10-2-1-3-11-25/h4-9,13,17,28H,1-3,10-12,21H2,(H,23,26)(H,24,27)/t17-/m0/s1. The molecule has 0 spiro atoms. The molecule has 0 bridgehead atoms. The van der Waals surface area contributed by atoms with E-state index in [1.54, 1.807) is 12.1 Å². The number of anilines is 1. The van der Waals surface area contributed by atoms with Crippen LogP contribution in [0.3, 0.4) is 0 Å². The number of rotatable bonds is 6. The lowest BCUT2D eigenvalue weighted by atomic mass is 10.0. The van der Waals surface area contributed by atoms with Crippen molar-refractivity contribution in [3.8, 4) is 11.1 Å². The number of hydroxylamine groups is 1. The number of benzene rings is 1. The summed E-state index contributed by atoms with van der Waals surface area (Å²) in [5, 5.41) is 11.2. The predicted octanol–water partition coefficient (Wildman–Crippen LogP) is 1.30. The molecule has 0 unspecified atom stereocenters. The van der Waals surface area contributed by atoms with Gasteiger partial charge in [-0.25, -0.2) is 10.5 Å². The van der Waals surface area contributed by atoms with Crippen molar-refractivity contribution in [3.63, 3.8) is 0 Å². The lowest BCUT2D eigenvalue weighted by Gasteiger charge is -2.27. The molecule has 28 heavy (non-hydrogen) atoms. The number of amides is 2. The molecule has 2 heterocycles. The Morgan fingerprint density at radius 2 is 1.75 bits per heavy atom. The third kappa shape index (κ3) is 4.65. The summed E-state index contributed by atoms with van der Waals surface area (Å²) in [6.07, 6.45) is 5.54. The average Bonchev–Trinajstić information content (AvgIpc) is 2.77. The number of hydrogen-bond acceptors (Lipinski definition) is 6. The van der Waals surface area contributed by atoms with E-state index in [1.807, 2.05) is 30.5 Å². The topological polar surface area (TPSA) is 121 Å². The fraction of sp³-hybridized carbons (Fsp3) is 0.350. The third-order valence-corrected chi connectivity index (χ3v) is 4.88. The molecule has 0 aliphatic carbocycles. The highest BCUT2D eigenvalue weighted by Crippen LogP contribution is 2.23. The molecule has 2 amide bonds. The lowest BCUT2D eigenvalue weighted by molar-refractivity contribution is -0.130. The average molecular weight is 383 g/mol. The van der Waals surface area contributed by atoms with Crippen molar-refractivity contribution < 1.29 is 14.8 Å². The fourth-order valence-electron chi connectivity index (χ4n) is 3.23. The maximum absolute atomic E-state index is 12.3. The summed E-state index contributed by atoms with van der Waals surface area (Å²) < 4.78 is 0. The van der Waals surface area contributed by atoms with Crippen molar-refractivity contribution in [3.05, 3.63) is 48.2 Å². The Kier molecular flexibility index (Phi) is 6.57. The van der Waals surface area contributed by atoms with Gasteiger partial charge in [-0.3, -0.25) is 14.8 Å². The molecule has 1 aromatic carbocycles. The number of nitrogens with zero attached hydrogens (tertiary/aromatic N) is 2. The van der Waals surface area contributed by atoms with Gasteiger partial charge in [0.1, 0.15) is 11.9 Å². The number of pyridine rings is 1. The molecule has 5 N–H and O–H groups in total. The van der Waals surface area contributed by atoms with E-state index >= 15 is 0 Å². The second-order valence-corrected chi connectivity index (χ2v) is 6.77. The van der Waals surface area contributed by atoms with Crippen molar-refractivity contribution in [2.75, 3.05) is 24.5 Å². The van der Waals surface area contributed by atoms with E-state index in [1.165, 1.54) is 24.7 Å². The van der Waals surface area contributed by atoms with Crippen LogP contribution in [0.25, 0.3) is 11.1 Å². The molecule has 8 nitrogen and oxygen atoms in total. The smallest absolute Gasteiger partial charge is 0.267 e. The predicted molar refractivity (Wildman–Crippen MR) is 106 cm³/mol. The first-order valence-electron chi connectivity index (χ1n) is 9.38. The Morgan fingerprint density at radius 1 is 1.07 bits per heavy atom. The number of carbonyl (C=O) groups is 2. The van der Waals surface area contributed by atoms with Gasteiger partial charge in [0.05, 0.1) is 0 Å². The van der Waals surface area contributed by atoms with Gasteiger partial charge in [0.25, 0.3) is 11.8 Å². The Labute approximate surface area is 163 Å². The maximum Gasteiger partial charge on any atom is 0.267 e. The zero-order valence-electron chi connectivity index (χ0n) is 15.6. The van der Waals surface area contributed by atoms with E-state index in [9.17, 15) is 9.59 Å². The van der Waals surface area contributed by atoms with E-state index in [0.717, 1.165) is 30.0 Å². The summed E-state index contributed by atoms with van der Waals surface area (Å²) in [6.45, 7) is 1.98. The summed E-state index contributed by atoms with van der Waals surface area (Å²) in [6, 6.07) is 10.1. The van der Waals surface area contributed by atoms with Crippen LogP contribution in [0.2, 0.25) is 0 Å². The largest absolute Gasteiger partial charge is 0.357 e. The summed E-state index contributed by atoms with van der Waals surface area (Å²) in [5.41, 5.74) is 9.23. The number of carbonyl (C=O) groups excluding carboxylic acids is 2. The van der Waals surface area contributed by atoms with Crippen LogP contribution in [0.5, 0.6) is 0 Å². The van der Waals surface area contributed by atoms with Gasteiger partial charge in [-0.2, -0.15) is 0 Å². The second kappa shape index (κ2) is 9.29. The van der Waals surface area contributed by atoms with Crippen molar-refractivity contribution in [1.82, 2.24) is 15.8 Å². The van der Waals surface area contributed by atoms with Gasteiger partial charge in [0.2, 0.25) is 0 Å². The minimum Gasteiger partial charge on any atom is -0.357 e. The van der Waals surface area contributed by atoms with Gasteiger partial charge in [0.15, 0.2) is 0 Å². The first kappa shape index (κ1) is 19.8. The summed E-state index contributed by atoms with van der Waals surface area (Å²) in [4.78, 5) is 30.6. The molecule has 3 rings (SSSR count). The minimum atomic E-state index is -0.997. The molecule has 1 aliphatic heterocycles. The van der Waals surface area contributed by atoms with Crippen molar-refractivity contribution in [1.29, 1.82) is 0 Å². The molecule has 0 radical (unpaired) electrons. The van der Waals surface area contributed by atoms with Crippen LogP contribution in [-0.2, 0) is 4.79 Å². The highest BCUT2D eigenvalue weighted by molar-refractivity contribution is 5.97. The van der Waals surface area contributed by atoms with Crippen molar-refractivity contribution in [2.45, 2.75) is 25.3 Å². The Morgan fingerprint density at radius 3 is 2.32 bits per heavy atom. The molecule has 8 heteroatoms. The van der Waals surface area contributed by atoms with Gasteiger partial charge in [-0.15, -0.1) is 0 Å². The molecule has 1 atom stereocenters. The number of aromatic nitrogens is 1. The molecule has 1 aromatic heterocycles. The maximum atomic E-state index is 12.3. The van der Waals surface area contributed by atoms with Crippen LogP contribution in [0.1, 0.15) is 29.6 Å². The SMILES string of the molecule is NC[C@H](NC(=O)c1ccc(-c2ccc(N3CCCCC3)nc2)cc1)C(=O)NO. The van der Waals surface area contributed by atoms with E-state index in [2.05, 4.69) is 15.2 Å². The molecule has 0 saturated carbocycles.